The first-order valence-electron chi connectivity index (χ1n) is 7.87. The largest absolute Gasteiger partial charge is 0.347 e. The number of carbonyl (C=O) groups excluding carboxylic acids is 3. The number of amides is 3. The number of imide groups is 1. The Balaban J connectivity index is 1.61. The van der Waals surface area contributed by atoms with E-state index in [0.717, 1.165) is 35.5 Å². The molecule has 1 saturated heterocycles. The van der Waals surface area contributed by atoms with E-state index in [2.05, 4.69) is 5.32 Å². The van der Waals surface area contributed by atoms with Crippen molar-refractivity contribution < 1.29 is 14.4 Å². The fraction of sp³-hybridized carbons (Fsp3) is 0.562. The molecule has 23 heavy (non-hydrogen) atoms. The van der Waals surface area contributed by atoms with Crippen molar-refractivity contribution >= 4 is 40.7 Å². The highest BCUT2D eigenvalue weighted by molar-refractivity contribution is 7.16. The van der Waals surface area contributed by atoms with Gasteiger partial charge in [0.15, 0.2) is 0 Å². The summed E-state index contributed by atoms with van der Waals surface area (Å²) < 4.78 is 0.662. The number of thiophene rings is 1. The molecule has 0 unspecified atom stereocenters. The topological polar surface area (TPSA) is 66.5 Å². The van der Waals surface area contributed by atoms with Crippen LogP contribution in [0.25, 0.3) is 0 Å². The van der Waals surface area contributed by atoms with E-state index < -0.39 is 0 Å². The Hall–Kier alpha value is -1.40. The Kier molecular flexibility index (Phi) is 4.73. The highest BCUT2D eigenvalue weighted by Gasteiger charge is 2.48. The first-order chi connectivity index (χ1) is 11.0. The van der Waals surface area contributed by atoms with Crippen molar-refractivity contribution in [3.05, 3.63) is 21.3 Å². The minimum atomic E-state index is -0.317. The van der Waals surface area contributed by atoms with Gasteiger partial charge in [0.05, 0.1) is 22.2 Å². The number of hydrogen-bond donors (Lipinski definition) is 1. The van der Waals surface area contributed by atoms with Gasteiger partial charge < -0.3 is 5.32 Å². The molecule has 1 aromatic heterocycles. The summed E-state index contributed by atoms with van der Waals surface area (Å²) >= 11 is 7.30. The van der Waals surface area contributed by atoms with Crippen LogP contribution in [-0.2, 0) is 14.4 Å². The zero-order valence-electron chi connectivity index (χ0n) is 12.9. The lowest BCUT2D eigenvalue weighted by Crippen LogP contribution is -2.41. The number of hydrogen-bond acceptors (Lipinski definition) is 4. The van der Waals surface area contributed by atoms with Gasteiger partial charge in [-0.05, 0) is 31.9 Å². The molecule has 0 spiro atoms. The zero-order valence-corrected chi connectivity index (χ0v) is 14.5. The molecule has 2 fully saturated rings. The molecule has 1 saturated carbocycles. The van der Waals surface area contributed by atoms with Gasteiger partial charge >= 0.3 is 0 Å². The smallest absolute Gasteiger partial charge is 0.240 e. The van der Waals surface area contributed by atoms with Crippen LogP contribution < -0.4 is 5.32 Å². The summed E-state index contributed by atoms with van der Waals surface area (Å²) in [5.41, 5.74) is 0. The monoisotopic (exact) mass is 354 g/mol. The molecule has 5 nitrogen and oxygen atoms in total. The molecule has 124 valence electrons. The molecule has 2 heterocycles. The quantitative estimate of drug-likeness (QED) is 0.845. The molecule has 2 aliphatic rings. The summed E-state index contributed by atoms with van der Waals surface area (Å²) in [6.07, 6.45) is 3.49. The van der Waals surface area contributed by atoms with Crippen molar-refractivity contribution in [1.82, 2.24) is 10.2 Å². The number of rotatable bonds is 4. The predicted molar refractivity (Wildman–Crippen MR) is 88.1 cm³/mol. The second kappa shape index (κ2) is 6.61. The summed E-state index contributed by atoms with van der Waals surface area (Å²) in [4.78, 5) is 39.0. The van der Waals surface area contributed by atoms with Crippen molar-refractivity contribution in [1.29, 1.82) is 0 Å². The minimum absolute atomic E-state index is 0.179. The van der Waals surface area contributed by atoms with E-state index in [0.29, 0.717) is 4.34 Å². The van der Waals surface area contributed by atoms with E-state index in [4.69, 9.17) is 11.6 Å². The third kappa shape index (κ3) is 3.28. The number of carbonyl (C=O) groups is 3. The maximum absolute atomic E-state index is 12.4. The van der Waals surface area contributed by atoms with Gasteiger partial charge in [-0.25, -0.2) is 0 Å². The summed E-state index contributed by atoms with van der Waals surface area (Å²) in [5.74, 6) is -1.10. The molecule has 1 aliphatic heterocycles. The number of fused-ring (bicyclic) bond motifs is 1. The van der Waals surface area contributed by atoms with Crippen LogP contribution in [0.15, 0.2) is 12.1 Å². The van der Waals surface area contributed by atoms with Gasteiger partial charge in [0.25, 0.3) is 0 Å². The fourth-order valence-corrected chi connectivity index (χ4v) is 4.51. The van der Waals surface area contributed by atoms with Crippen molar-refractivity contribution in [2.24, 2.45) is 11.8 Å². The van der Waals surface area contributed by atoms with Gasteiger partial charge in [-0.15, -0.1) is 11.3 Å². The number of likely N-dealkylation sites (tertiary alicyclic amines) is 1. The molecule has 1 aliphatic carbocycles. The normalized spacial score (nSPS) is 25.4. The molecular weight excluding hydrogens is 336 g/mol. The van der Waals surface area contributed by atoms with E-state index in [-0.39, 0.29) is 42.1 Å². The van der Waals surface area contributed by atoms with Gasteiger partial charge in [-0.3, -0.25) is 19.3 Å². The third-order valence-electron chi connectivity index (χ3n) is 4.63. The first-order valence-corrected chi connectivity index (χ1v) is 9.06. The summed E-state index contributed by atoms with van der Waals surface area (Å²) in [6.45, 7) is 1.67. The lowest BCUT2D eigenvalue weighted by atomic mass is 9.81. The van der Waals surface area contributed by atoms with Crippen LogP contribution >= 0.6 is 22.9 Å². The van der Waals surface area contributed by atoms with Crippen molar-refractivity contribution in [2.45, 2.75) is 38.6 Å². The molecule has 7 heteroatoms. The number of nitrogens with one attached hydrogen (secondary N) is 1. The highest BCUT2D eigenvalue weighted by atomic mass is 35.5. The standard InChI is InChI=1S/C16H19ClN2O3S/c1-9(12-6-7-13(17)23-12)18-14(20)8-19-15(21)10-4-2-3-5-11(10)16(19)22/h6-7,9-11H,2-5,8H2,1H3,(H,18,20)/t9-,10-,11+/m0/s1. The van der Waals surface area contributed by atoms with Crippen molar-refractivity contribution in [3.8, 4) is 0 Å². The van der Waals surface area contributed by atoms with Gasteiger partial charge in [0, 0.05) is 4.88 Å². The van der Waals surface area contributed by atoms with Crippen LogP contribution in [0.4, 0.5) is 0 Å². The van der Waals surface area contributed by atoms with E-state index in [1.807, 2.05) is 13.0 Å². The van der Waals surface area contributed by atoms with Gasteiger partial charge in [0.1, 0.15) is 6.54 Å². The molecule has 3 amide bonds. The van der Waals surface area contributed by atoms with Crippen LogP contribution in [0, 0.1) is 11.8 Å². The summed E-state index contributed by atoms with van der Waals surface area (Å²) in [6, 6.07) is 3.44. The summed E-state index contributed by atoms with van der Waals surface area (Å²) in [5, 5.41) is 2.83. The lowest BCUT2D eigenvalue weighted by Gasteiger charge is -2.19. The van der Waals surface area contributed by atoms with Crippen LogP contribution in [0.2, 0.25) is 4.34 Å². The van der Waals surface area contributed by atoms with Gasteiger partial charge in [-0.2, -0.15) is 0 Å². The Labute approximate surface area is 144 Å². The molecule has 0 aromatic carbocycles. The van der Waals surface area contributed by atoms with E-state index in [9.17, 15) is 14.4 Å². The second-order valence-corrected chi connectivity index (χ2v) is 7.94. The predicted octanol–water partition coefficient (Wildman–Crippen LogP) is 2.75. The average Bonchev–Trinajstić information content (AvgIpc) is 3.06. The van der Waals surface area contributed by atoms with Crippen LogP contribution in [0.5, 0.6) is 0 Å². The summed E-state index contributed by atoms with van der Waals surface area (Å²) in [7, 11) is 0. The molecule has 0 radical (unpaired) electrons. The Morgan fingerprint density at radius 3 is 2.43 bits per heavy atom. The molecule has 1 N–H and O–H groups in total. The maximum Gasteiger partial charge on any atom is 0.240 e. The van der Waals surface area contributed by atoms with Crippen LogP contribution in [-0.4, -0.2) is 29.2 Å². The van der Waals surface area contributed by atoms with Crippen molar-refractivity contribution in [2.75, 3.05) is 6.54 Å². The molecule has 3 rings (SSSR count). The number of halogens is 1. The molecule has 0 bridgehead atoms. The van der Waals surface area contributed by atoms with E-state index in [1.54, 1.807) is 6.07 Å². The third-order valence-corrected chi connectivity index (χ3v) is 6.05. The van der Waals surface area contributed by atoms with Crippen LogP contribution in [0.3, 0.4) is 0 Å². The van der Waals surface area contributed by atoms with Gasteiger partial charge in [-0.1, -0.05) is 24.4 Å². The Bertz CT molecular complexity index is 621. The molecular formula is C16H19ClN2O3S. The van der Waals surface area contributed by atoms with E-state index in [1.165, 1.54) is 11.3 Å². The number of nitrogens with zero attached hydrogens (tertiary/aromatic N) is 1. The molecule has 1 aromatic rings. The lowest BCUT2D eigenvalue weighted by molar-refractivity contribution is -0.143. The first kappa shape index (κ1) is 16.5. The van der Waals surface area contributed by atoms with Crippen molar-refractivity contribution in [3.63, 3.8) is 0 Å². The second-order valence-electron chi connectivity index (χ2n) is 6.19. The van der Waals surface area contributed by atoms with E-state index >= 15 is 0 Å². The maximum atomic E-state index is 12.4. The SMILES string of the molecule is C[C@H](NC(=O)CN1C(=O)[C@H]2CCCC[C@H]2C1=O)c1ccc(Cl)s1. The average molecular weight is 355 g/mol. The molecule has 3 atom stereocenters. The fourth-order valence-electron chi connectivity index (χ4n) is 3.45. The highest BCUT2D eigenvalue weighted by Crippen LogP contribution is 2.37. The minimum Gasteiger partial charge on any atom is -0.347 e. The van der Waals surface area contributed by atoms with Crippen LogP contribution in [0.1, 0.15) is 43.5 Å². The Morgan fingerprint density at radius 1 is 1.30 bits per heavy atom. The van der Waals surface area contributed by atoms with Gasteiger partial charge in [0.2, 0.25) is 17.7 Å². The Morgan fingerprint density at radius 2 is 1.91 bits per heavy atom. The zero-order chi connectivity index (χ0) is 16.6.